The second kappa shape index (κ2) is 6.81. The van der Waals surface area contributed by atoms with Gasteiger partial charge in [0.2, 0.25) is 10.0 Å². The van der Waals surface area contributed by atoms with E-state index in [2.05, 4.69) is 30.9 Å². The normalized spacial score (nSPS) is 17.5. The molecule has 0 unspecified atom stereocenters. The summed E-state index contributed by atoms with van der Waals surface area (Å²) in [4.78, 5) is 2.55. The van der Waals surface area contributed by atoms with Gasteiger partial charge in [-0.05, 0) is 24.3 Å². The van der Waals surface area contributed by atoms with Crippen LogP contribution in [0.3, 0.4) is 0 Å². The van der Waals surface area contributed by atoms with Gasteiger partial charge in [0, 0.05) is 43.7 Å². The highest BCUT2D eigenvalue weighted by molar-refractivity contribution is 9.10. The Kier molecular flexibility index (Phi) is 5.35. The zero-order valence-corrected chi connectivity index (χ0v) is 13.0. The summed E-state index contributed by atoms with van der Waals surface area (Å²) < 4.78 is 27.6. The first-order valence-electron chi connectivity index (χ1n) is 6.26. The minimum atomic E-state index is -3.39. The number of halogens is 1. The summed E-state index contributed by atoms with van der Waals surface area (Å²) in [7, 11) is -3.39. The topological polar surface area (TPSA) is 61.4 Å². The Hall–Kier alpha value is -0.470. The summed E-state index contributed by atoms with van der Waals surface area (Å²) in [5.74, 6) is 0. The molecule has 1 aromatic carbocycles. The number of nitrogens with zero attached hydrogens (tertiary/aromatic N) is 1. The quantitative estimate of drug-likeness (QED) is 0.820. The molecular formula is C12H18BrN3O2S. The van der Waals surface area contributed by atoms with Gasteiger partial charge in [-0.15, -0.1) is 0 Å². The molecule has 1 heterocycles. The summed E-state index contributed by atoms with van der Waals surface area (Å²) in [6, 6.07) is 6.64. The van der Waals surface area contributed by atoms with E-state index in [4.69, 9.17) is 0 Å². The van der Waals surface area contributed by atoms with Crippen LogP contribution >= 0.6 is 15.9 Å². The molecule has 1 aliphatic heterocycles. The first-order chi connectivity index (χ1) is 9.08. The molecule has 7 heteroatoms. The lowest BCUT2D eigenvalue weighted by Gasteiger charge is -2.27. The molecule has 0 spiro atoms. The average Bonchev–Trinajstić information content (AvgIpc) is 2.40. The van der Waals surface area contributed by atoms with E-state index < -0.39 is 10.0 Å². The number of nitrogens with one attached hydrogen (secondary N) is 2. The summed E-state index contributed by atoms with van der Waals surface area (Å²) >= 11 is 3.29. The predicted octanol–water partition coefficient (Wildman–Crippen LogP) is 0.633. The van der Waals surface area contributed by atoms with Crippen LogP contribution in [0.4, 0.5) is 0 Å². The first kappa shape index (κ1) is 14.9. The third-order valence-electron chi connectivity index (χ3n) is 3.05. The lowest BCUT2D eigenvalue weighted by atomic mass is 10.3. The van der Waals surface area contributed by atoms with Crippen LogP contribution in [0.5, 0.6) is 0 Å². The van der Waals surface area contributed by atoms with Crippen molar-refractivity contribution < 1.29 is 8.42 Å². The lowest BCUT2D eigenvalue weighted by molar-refractivity contribution is 0.245. The van der Waals surface area contributed by atoms with Crippen molar-refractivity contribution in [3.05, 3.63) is 28.7 Å². The SMILES string of the molecule is O=S(=O)(NCCN1CCNCC1)c1ccc(Br)cc1. The Balaban J connectivity index is 1.85. The molecule has 0 atom stereocenters. The van der Waals surface area contributed by atoms with Crippen LogP contribution in [0.1, 0.15) is 0 Å². The highest BCUT2D eigenvalue weighted by Gasteiger charge is 2.14. The van der Waals surface area contributed by atoms with E-state index in [0.29, 0.717) is 11.4 Å². The molecule has 106 valence electrons. The predicted molar refractivity (Wildman–Crippen MR) is 78.6 cm³/mol. The molecular weight excluding hydrogens is 330 g/mol. The van der Waals surface area contributed by atoms with E-state index in [0.717, 1.165) is 37.2 Å². The van der Waals surface area contributed by atoms with Crippen molar-refractivity contribution in [1.29, 1.82) is 0 Å². The fourth-order valence-electron chi connectivity index (χ4n) is 1.97. The summed E-state index contributed by atoms with van der Waals surface area (Å²) in [5, 5.41) is 3.27. The van der Waals surface area contributed by atoms with Crippen molar-refractivity contribution in [1.82, 2.24) is 14.9 Å². The molecule has 1 aromatic rings. The van der Waals surface area contributed by atoms with Crippen molar-refractivity contribution in [2.24, 2.45) is 0 Å². The van der Waals surface area contributed by atoms with Crippen molar-refractivity contribution in [2.75, 3.05) is 39.3 Å². The zero-order valence-electron chi connectivity index (χ0n) is 10.6. The van der Waals surface area contributed by atoms with Gasteiger partial charge >= 0.3 is 0 Å². The minimum Gasteiger partial charge on any atom is -0.314 e. The molecule has 5 nitrogen and oxygen atoms in total. The fourth-order valence-corrected chi connectivity index (χ4v) is 3.26. The molecule has 0 radical (unpaired) electrons. The maximum absolute atomic E-state index is 12.0. The summed E-state index contributed by atoms with van der Waals surface area (Å²) in [6.07, 6.45) is 0. The number of benzene rings is 1. The van der Waals surface area contributed by atoms with Gasteiger partial charge in [-0.2, -0.15) is 0 Å². The van der Waals surface area contributed by atoms with E-state index >= 15 is 0 Å². The largest absolute Gasteiger partial charge is 0.314 e. The molecule has 0 bridgehead atoms. The molecule has 1 aliphatic rings. The van der Waals surface area contributed by atoms with Crippen LogP contribution in [-0.2, 0) is 10.0 Å². The number of sulfonamides is 1. The van der Waals surface area contributed by atoms with Crippen LogP contribution < -0.4 is 10.0 Å². The zero-order chi connectivity index (χ0) is 13.7. The van der Waals surface area contributed by atoms with E-state index in [1.165, 1.54) is 0 Å². The number of hydrogen-bond donors (Lipinski definition) is 2. The molecule has 19 heavy (non-hydrogen) atoms. The standard InChI is InChI=1S/C12H18BrN3O2S/c13-11-1-3-12(4-2-11)19(17,18)15-7-10-16-8-5-14-6-9-16/h1-4,14-15H,5-10H2. The van der Waals surface area contributed by atoms with Gasteiger partial charge in [0.25, 0.3) is 0 Å². The Labute approximate surface area is 122 Å². The van der Waals surface area contributed by atoms with Gasteiger partial charge in [-0.3, -0.25) is 4.90 Å². The molecule has 0 aliphatic carbocycles. The monoisotopic (exact) mass is 347 g/mol. The molecule has 0 saturated carbocycles. The maximum Gasteiger partial charge on any atom is 0.240 e. The van der Waals surface area contributed by atoms with Crippen LogP contribution in [0.15, 0.2) is 33.6 Å². The van der Waals surface area contributed by atoms with E-state index in [1.54, 1.807) is 24.3 Å². The van der Waals surface area contributed by atoms with Crippen LogP contribution in [0.2, 0.25) is 0 Å². The Morgan fingerprint density at radius 1 is 1.21 bits per heavy atom. The third kappa shape index (κ3) is 4.54. The molecule has 2 N–H and O–H groups in total. The van der Waals surface area contributed by atoms with Crippen LogP contribution in [0.25, 0.3) is 0 Å². The van der Waals surface area contributed by atoms with Gasteiger partial charge < -0.3 is 5.32 Å². The van der Waals surface area contributed by atoms with E-state index in [1.807, 2.05) is 0 Å². The van der Waals surface area contributed by atoms with Crippen molar-refractivity contribution in [2.45, 2.75) is 4.90 Å². The molecule has 2 rings (SSSR count). The van der Waals surface area contributed by atoms with Crippen LogP contribution in [-0.4, -0.2) is 52.6 Å². The number of rotatable bonds is 5. The van der Waals surface area contributed by atoms with Gasteiger partial charge in [0.1, 0.15) is 0 Å². The smallest absolute Gasteiger partial charge is 0.240 e. The third-order valence-corrected chi connectivity index (χ3v) is 5.06. The van der Waals surface area contributed by atoms with Crippen LogP contribution in [0, 0.1) is 0 Å². The van der Waals surface area contributed by atoms with Crippen molar-refractivity contribution in [3.63, 3.8) is 0 Å². The highest BCUT2D eigenvalue weighted by Crippen LogP contribution is 2.14. The Morgan fingerprint density at radius 2 is 1.84 bits per heavy atom. The second-order valence-corrected chi connectivity index (χ2v) is 7.13. The maximum atomic E-state index is 12.0. The average molecular weight is 348 g/mol. The Morgan fingerprint density at radius 3 is 2.47 bits per heavy atom. The minimum absolute atomic E-state index is 0.302. The van der Waals surface area contributed by atoms with Gasteiger partial charge in [0.15, 0.2) is 0 Å². The Bertz CT molecular complexity index is 498. The van der Waals surface area contributed by atoms with Crippen molar-refractivity contribution in [3.8, 4) is 0 Å². The summed E-state index contributed by atoms with van der Waals surface area (Å²) in [5.41, 5.74) is 0. The molecule has 1 fully saturated rings. The molecule has 1 saturated heterocycles. The second-order valence-electron chi connectivity index (χ2n) is 4.44. The number of hydrogen-bond acceptors (Lipinski definition) is 4. The summed E-state index contributed by atoms with van der Waals surface area (Å²) in [6.45, 7) is 5.08. The fraction of sp³-hybridized carbons (Fsp3) is 0.500. The molecule has 0 amide bonds. The van der Waals surface area contributed by atoms with E-state index in [9.17, 15) is 8.42 Å². The molecule has 0 aromatic heterocycles. The van der Waals surface area contributed by atoms with Gasteiger partial charge in [-0.25, -0.2) is 13.1 Å². The lowest BCUT2D eigenvalue weighted by Crippen LogP contribution is -2.46. The highest BCUT2D eigenvalue weighted by atomic mass is 79.9. The first-order valence-corrected chi connectivity index (χ1v) is 8.54. The number of piperazine rings is 1. The van der Waals surface area contributed by atoms with Crippen molar-refractivity contribution >= 4 is 26.0 Å². The van der Waals surface area contributed by atoms with E-state index in [-0.39, 0.29) is 0 Å². The van der Waals surface area contributed by atoms with Gasteiger partial charge in [0.05, 0.1) is 4.90 Å². The van der Waals surface area contributed by atoms with Gasteiger partial charge in [-0.1, -0.05) is 15.9 Å².